The number of ether oxygens (including phenoxy) is 3. The minimum absolute atomic E-state index is 0.0683. The summed E-state index contributed by atoms with van der Waals surface area (Å²) in [6.45, 7) is 9.55. The second-order valence-electron chi connectivity index (χ2n) is 13.9. The number of hydrogen-bond acceptors (Lipinski definition) is 7. The lowest BCUT2D eigenvalue weighted by molar-refractivity contribution is -0.138. The molecular formula is C39H48ClFN4O7. The van der Waals surface area contributed by atoms with Gasteiger partial charge >= 0.3 is 0 Å². The van der Waals surface area contributed by atoms with Crippen LogP contribution in [0.3, 0.4) is 0 Å². The van der Waals surface area contributed by atoms with Crippen LogP contribution in [0.1, 0.15) is 64.2 Å². The van der Waals surface area contributed by atoms with Crippen LogP contribution in [-0.2, 0) is 14.4 Å². The van der Waals surface area contributed by atoms with Gasteiger partial charge in [-0.05, 0) is 74.1 Å². The molecule has 13 heteroatoms. The molecule has 280 valence electrons. The van der Waals surface area contributed by atoms with E-state index in [1.165, 1.54) is 18.2 Å². The highest BCUT2D eigenvalue weighted by atomic mass is 35.5. The van der Waals surface area contributed by atoms with Gasteiger partial charge in [0, 0.05) is 12.1 Å². The molecule has 1 aliphatic heterocycles. The fraction of sp³-hybridized carbons (Fsp3) is 0.436. The van der Waals surface area contributed by atoms with Gasteiger partial charge in [0.2, 0.25) is 17.7 Å². The number of benzene rings is 3. The van der Waals surface area contributed by atoms with Gasteiger partial charge in [-0.1, -0.05) is 63.6 Å². The molecule has 4 amide bonds. The molecule has 0 fully saturated rings. The summed E-state index contributed by atoms with van der Waals surface area (Å²) in [6, 6.07) is 14.2. The third-order valence-corrected chi connectivity index (χ3v) is 8.61. The highest BCUT2D eigenvalue weighted by molar-refractivity contribution is 6.30. The van der Waals surface area contributed by atoms with E-state index >= 15 is 0 Å². The van der Waals surface area contributed by atoms with Gasteiger partial charge in [-0.3, -0.25) is 19.2 Å². The lowest BCUT2D eigenvalue weighted by atomic mass is 9.99. The van der Waals surface area contributed by atoms with Crippen molar-refractivity contribution < 1.29 is 37.8 Å². The third-order valence-electron chi connectivity index (χ3n) is 8.37. The first-order valence-corrected chi connectivity index (χ1v) is 17.8. The van der Waals surface area contributed by atoms with Gasteiger partial charge < -0.3 is 35.1 Å². The van der Waals surface area contributed by atoms with E-state index in [0.29, 0.717) is 23.6 Å². The Labute approximate surface area is 309 Å². The molecule has 3 N–H and O–H groups in total. The zero-order valence-electron chi connectivity index (χ0n) is 30.4. The molecule has 1 heterocycles. The normalized spacial score (nSPS) is 19.2. The maximum atomic E-state index is 14.9. The fourth-order valence-corrected chi connectivity index (χ4v) is 5.99. The van der Waals surface area contributed by atoms with Crippen molar-refractivity contribution in [2.24, 2.45) is 11.8 Å². The summed E-state index contributed by atoms with van der Waals surface area (Å²) in [5.74, 6) is -1.97. The second kappa shape index (κ2) is 18.6. The van der Waals surface area contributed by atoms with Crippen LogP contribution in [0.15, 0.2) is 66.7 Å². The lowest BCUT2D eigenvalue weighted by Gasteiger charge is -2.33. The Hall–Kier alpha value is -4.84. The number of halogens is 2. The Morgan fingerprint density at radius 1 is 0.981 bits per heavy atom. The average Bonchev–Trinajstić information content (AvgIpc) is 3.08. The average molecular weight is 739 g/mol. The SMILES string of the molecule is CC(C)C[C@@H]1COc2ccccc2C(=O)N[C@H](C(=O)N[C@H](C)COc2c(F)cccc2Oc2cccc(Cl)c2)CC(=O)N[C@@H](CC(C)C)C(=O)N1C. The molecule has 3 aromatic rings. The quantitative estimate of drug-likeness (QED) is 0.215. The number of carbonyl (C=O) groups is 4. The molecule has 4 rings (SSSR count). The molecule has 3 aromatic carbocycles. The van der Waals surface area contributed by atoms with E-state index in [0.717, 1.165) is 0 Å². The van der Waals surface area contributed by atoms with Crippen LogP contribution in [0.25, 0.3) is 0 Å². The summed E-state index contributed by atoms with van der Waals surface area (Å²) in [4.78, 5) is 56.4. The van der Waals surface area contributed by atoms with E-state index in [4.69, 9.17) is 25.8 Å². The van der Waals surface area contributed by atoms with E-state index in [1.807, 2.05) is 27.7 Å². The summed E-state index contributed by atoms with van der Waals surface area (Å²) in [6.07, 6.45) is 0.542. The minimum Gasteiger partial charge on any atom is -0.491 e. The summed E-state index contributed by atoms with van der Waals surface area (Å²) in [5.41, 5.74) is 0.163. The van der Waals surface area contributed by atoms with Crippen LogP contribution in [-0.4, -0.2) is 73.0 Å². The maximum Gasteiger partial charge on any atom is 0.255 e. The number of para-hydroxylation sites is 2. The first kappa shape index (κ1) is 39.9. The van der Waals surface area contributed by atoms with Crippen molar-refractivity contribution in [1.82, 2.24) is 20.9 Å². The van der Waals surface area contributed by atoms with Gasteiger partial charge in [0.15, 0.2) is 17.3 Å². The lowest BCUT2D eigenvalue weighted by Crippen LogP contribution is -2.55. The Morgan fingerprint density at radius 2 is 1.69 bits per heavy atom. The summed E-state index contributed by atoms with van der Waals surface area (Å²) >= 11 is 6.07. The van der Waals surface area contributed by atoms with E-state index in [9.17, 15) is 23.6 Å². The Balaban J connectivity index is 1.55. The summed E-state index contributed by atoms with van der Waals surface area (Å²) in [5, 5.41) is 8.70. The standard InChI is InChI=1S/C39H48ClFN4O7/c1-23(2)17-27-22-50-33-15-8-7-13-29(33)37(47)44-31(20-35(46)43-32(18-24(3)4)39(49)45(27)6)38(48)42-25(5)21-51-36-30(41)14-10-16-34(36)52-28-12-9-11-26(40)19-28/h7-16,19,23-25,27,31-32H,17-18,20-22H2,1-6H3,(H,42,48)(H,43,46)(H,44,47)/t25-,27-,31+,32+/m1/s1. The number of nitrogens with zero attached hydrogens (tertiary/aromatic N) is 1. The molecule has 4 atom stereocenters. The molecule has 52 heavy (non-hydrogen) atoms. The van der Waals surface area contributed by atoms with Crippen LogP contribution in [0, 0.1) is 17.7 Å². The summed E-state index contributed by atoms with van der Waals surface area (Å²) in [7, 11) is 1.69. The predicted octanol–water partition coefficient (Wildman–Crippen LogP) is 6.14. The number of hydrogen-bond donors (Lipinski definition) is 3. The smallest absolute Gasteiger partial charge is 0.255 e. The van der Waals surface area contributed by atoms with Crippen LogP contribution < -0.4 is 30.2 Å². The van der Waals surface area contributed by atoms with E-state index < -0.39 is 48.1 Å². The van der Waals surface area contributed by atoms with Crippen molar-refractivity contribution in [3.63, 3.8) is 0 Å². The molecule has 0 aliphatic carbocycles. The first-order valence-electron chi connectivity index (χ1n) is 17.5. The van der Waals surface area contributed by atoms with Gasteiger partial charge in [-0.15, -0.1) is 0 Å². The van der Waals surface area contributed by atoms with Crippen molar-refractivity contribution in [1.29, 1.82) is 0 Å². The van der Waals surface area contributed by atoms with Crippen molar-refractivity contribution in [3.05, 3.63) is 83.1 Å². The van der Waals surface area contributed by atoms with Crippen LogP contribution in [0.2, 0.25) is 5.02 Å². The summed E-state index contributed by atoms with van der Waals surface area (Å²) < 4.78 is 32.7. The Kier molecular flexibility index (Phi) is 14.3. The highest BCUT2D eigenvalue weighted by Crippen LogP contribution is 2.34. The topological polar surface area (TPSA) is 135 Å². The molecule has 0 spiro atoms. The van der Waals surface area contributed by atoms with Gasteiger partial charge in [-0.25, -0.2) is 4.39 Å². The monoisotopic (exact) mass is 738 g/mol. The Morgan fingerprint density at radius 3 is 2.40 bits per heavy atom. The zero-order valence-corrected chi connectivity index (χ0v) is 31.2. The second-order valence-corrected chi connectivity index (χ2v) is 14.3. The largest absolute Gasteiger partial charge is 0.491 e. The predicted molar refractivity (Wildman–Crippen MR) is 196 cm³/mol. The highest BCUT2D eigenvalue weighted by Gasteiger charge is 2.33. The molecule has 0 bridgehead atoms. The number of fused-ring (bicyclic) bond motifs is 1. The van der Waals surface area contributed by atoms with Gasteiger partial charge in [0.25, 0.3) is 5.91 Å². The number of amides is 4. The molecular weight excluding hydrogens is 691 g/mol. The van der Waals surface area contributed by atoms with Crippen LogP contribution in [0.5, 0.6) is 23.0 Å². The first-order chi connectivity index (χ1) is 24.7. The van der Waals surface area contributed by atoms with Gasteiger partial charge in [-0.2, -0.15) is 0 Å². The molecule has 11 nitrogen and oxygen atoms in total. The fourth-order valence-electron chi connectivity index (χ4n) is 5.81. The molecule has 0 aromatic heterocycles. The number of nitrogens with one attached hydrogen (secondary N) is 3. The van der Waals surface area contributed by atoms with Crippen molar-refractivity contribution in [3.8, 4) is 23.0 Å². The molecule has 0 unspecified atom stereocenters. The van der Waals surface area contributed by atoms with Gasteiger partial charge in [0.1, 0.15) is 36.8 Å². The van der Waals surface area contributed by atoms with E-state index in [-0.39, 0.29) is 59.8 Å². The Bertz CT molecular complexity index is 1720. The maximum absolute atomic E-state index is 14.9. The van der Waals surface area contributed by atoms with E-state index in [1.54, 1.807) is 67.4 Å². The number of likely N-dealkylation sites (N-methyl/N-ethyl adjacent to an activating group) is 1. The van der Waals surface area contributed by atoms with Gasteiger partial charge in [0.05, 0.1) is 24.1 Å². The molecule has 0 radical (unpaired) electrons. The van der Waals surface area contributed by atoms with Crippen molar-refractivity contribution in [2.75, 3.05) is 20.3 Å². The molecule has 0 saturated heterocycles. The minimum atomic E-state index is -1.35. The zero-order chi connectivity index (χ0) is 37.9. The van der Waals surface area contributed by atoms with Crippen LogP contribution >= 0.6 is 11.6 Å². The number of carbonyl (C=O) groups excluding carboxylic acids is 4. The third kappa shape index (κ3) is 11.3. The van der Waals surface area contributed by atoms with E-state index in [2.05, 4.69) is 16.0 Å². The van der Waals surface area contributed by atoms with Crippen molar-refractivity contribution in [2.45, 2.75) is 78.0 Å². The number of rotatable bonds is 11. The van der Waals surface area contributed by atoms with Crippen LogP contribution in [0.4, 0.5) is 4.39 Å². The van der Waals surface area contributed by atoms with Crippen molar-refractivity contribution >= 4 is 35.2 Å². The molecule has 1 aliphatic rings. The molecule has 0 saturated carbocycles.